The summed E-state index contributed by atoms with van der Waals surface area (Å²) in [6, 6.07) is 18.4. The molecule has 1 amide bonds. The normalized spacial score (nSPS) is 10.7. The molecular weight excluding hydrogens is 340 g/mol. The Morgan fingerprint density at radius 2 is 1.67 bits per heavy atom. The number of carbonyl (C=O) groups is 2. The van der Waals surface area contributed by atoms with E-state index in [0.717, 1.165) is 10.8 Å². The average Bonchev–Trinajstić information content (AvgIpc) is 2.70. The highest BCUT2D eigenvalue weighted by Gasteiger charge is 2.11. The predicted molar refractivity (Wildman–Crippen MR) is 106 cm³/mol. The monoisotopic (exact) mass is 362 g/mol. The van der Waals surface area contributed by atoms with Crippen LogP contribution in [0.3, 0.4) is 0 Å². The van der Waals surface area contributed by atoms with E-state index in [-0.39, 0.29) is 30.1 Å². The molecule has 0 bridgehead atoms. The summed E-state index contributed by atoms with van der Waals surface area (Å²) in [5, 5.41) is 4.74. The quantitative estimate of drug-likeness (QED) is 0.494. The van der Waals surface area contributed by atoms with Gasteiger partial charge >= 0.3 is 0 Å². The number of Topliss-reactive ketones (excluding diaryl/α,β-unsaturated/α-hetero) is 1. The Hall–Kier alpha value is -3.21. The molecule has 1 aromatic heterocycles. The number of fused-ring (bicyclic) bond motifs is 1. The third-order valence-corrected chi connectivity index (χ3v) is 4.47. The van der Waals surface area contributed by atoms with Gasteiger partial charge in [-0.15, -0.1) is 0 Å². The van der Waals surface area contributed by atoms with E-state index in [2.05, 4.69) is 5.32 Å². The molecule has 0 spiro atoms. The first-order valence-electron chi connectivity index (χ1n) is 9.08. The van der Waals surface area contributed by atoms with Gasteiger partial charge in [-0.25, -0.2) is 0 Å². The van der Waals surface area contributed by atoms with Gasteiger partial charge < -0.3 is 9.88 Å². The van der Waals surface area contributed by atoms with Crippen LogP contribution < -0.4 is 10.9 Å². The van der Waals surface area contributed by atoms with E-state index in [0.29, 0.717) is 25.1 Å². The van der Waals surface area contributed by atoms with Crippen molar-refractivity contribution in [1.82, 2.24) is 9.88 Å². The molecule has 3 rings (SSSR count). The second-order valence-electron chi connectivity index (χ2n) is 6.39. The minimum Gasteiger partial charge on any atom is -0.356 e. The zero-order valence-electron chi connectivity index (χ0n) is 15.1. The third-order valence-electron chi connectivity index (χ3n) is 4.47. The lowest BCUT2D eigenvalue weighted by Crippen LogP contribution is -2.27. The van der Waals surface area contributed by atoms with Crippen molar-refractivity contribution < 1.29 is 9.59 Å². The van der Waals surface area contributed by atoms with Gasteiger partial charge in [0.25, 0.3) is 0 Å². The lowest BCUT2D eigenvalue weighted by molar-refractivity contribution is -0.121. The fourth-order valence-electron chi connectivity index (χ4n) is 3.04. The van der Waals surface area contributed by atoms with Crippen LogP contribution in [0.15, 0.2) is 71.7 Å². The average molecular weight is 362 g/mol. The number of benzene rings is 2. The molecule has 0 saturated heterocycles. The predicted octanol–water partition coefficient (Wildman–Crippen LogP) is 3.17. The Morgan fingerprint density at radius 3 is 2.52 bits per heavy atom. The van der Waals surface area contributed by atoms with Crippen molar-refractivity contribution in [3.05, 3.63) is 82.8 Å². The number of hydrogen-bond acceptors (Lipinski definition) is 3. The maximum absolute atomic E-state index is 12.5. The van der Waals surface area contributed by atoms with Crippen molar-refractivity contribution in [3.63, 3.8) is 0 Å². The van der Waals surface area contributed by atoms with Crippen molar-refractivity contribution in [2.75, 3.05) is 6.54 Å². The highest BCUT2D eigenvalue weighted by Crippen LogP contribution is 2.20. The Kier molecular flexibility index (Phi) is 6.15. The van der Waals surface area contributed by atoms with Gasteiger partial charge in [0.1, 0.15) is 0 Å². The molecule has 5 heteroatoms. The molecular formula is C22H22N2O3. The fraction of sp³-hybridized carbons (Fsp3) is 0.227. The summed E-state index contributed by atoms with van der Waals surface area (Å²) in [5.74, 6) is -0.179. The summed E-state index contributed by atoms with van der Waals surface area (Å²) >= 11 is 0. The van der Waals surface area contributed by atoms with Gasteiger partial charge in [-0.1, -0.05) is 48.5 Å². The fourth-order valence-corrected chi connectivity index (χ4v) is 3.04. The van der Waals surface area contributed by atoms with E-state index in [1.165, 1.54) is 6.07 Å². The second kappa shape index (κ2) is 8.94. The smallest absolute Gasteiger partial charge is 0.250 e. The van der Waals surface area contributed by atoms with Gasteiger partial charge in [0.05, 0.1) is 0 Å². The van der Waals surface area contributed by atoms with Crippen LogP contribution in [0.1, 0.15) is 29.6 Å². The van der Waals surface area contributed by atoms with Crippen LogP contribution in [-0.4, -0.2) is 22.8 Å². The molecule has 2 aromatic carbocycles. The molecule has 3 aromatic rings. The number of aromatic nitrogens is 1. The van der Waals surface area contributed by atoms with Gasteiger partial charge in [-0.2, -0.15) is 0 Å². The van der Waals surface area contributed by atoms with Crippen LogP contribution >= 0.6 is 0 Å². The second-order valence-corrected chi connectivity index (χ2v) is 6.39. The number of carbonyl (C=O) groups excluding carboxylic acids is 2. The van der Waals surface area contributed by atoms with E-state index >= 15 is 0 Å². The molecule has 1 N–H and O–H groups in total. The molecule has 0 saturated carbocycles. The van der Waals surface area contributed by atoms with Gasteiger partial charge in [-0.3, -0.25) is 14.4 Å². The molecule has 0 aliphatic rings. The van der Waals surface area contributed by atoms with Crippen LogP contribution in [0, 0.1) is 0 Å². The maximum atomic E-state index is 12.5. The number of nitrogens with zero attached hydrogens (tertiary/aromatic N) is 1. The maximum Gasteiger partial charge on any atom is 0.250 e. The first kappa shape index (κ1) is 18.6. The zero-order chi connectivity index (χ0) is 19.1. The number of nitrogens with one attached hydrogen (secondary N) is 1. The van der Waals surface area contributed by atoms with Crippen LogP contribution in [0.4, 0.5) is 0 Å². The summed E-state index contributed by atoms with van der Waals surface area (Å²) in [6.45, 7) is 1.03. The summed E-state index contributed by atoms with van der Waals surface area (Å²) < 4.78 is 1.61. The Labute approximate surface area is 157 Å². The van der Waals surface area contributed by atoms with Crippen LogP contribution in [0.2, 0.25) is 0 Å². The minimum atomic E-state index is -0.149. The third kappa shape index (κ3) is 4.91. The zero-order valence-corrected chi connectivity index (χ0v) is 15.1. The Morgan fingerprint density at radius 1 is 0.889 bits per heavy atom. The van der Waals surface area contributed by atoms with Crippen LogP contribution in [0.5, 0.6) is 0 Å². The molecule has 0 radical (unpaired) electrons. The van der Waals surface area contributed by atoms with Crippen molar-refractivity contribution in [3.8, 4) is 0 Å². The number of ketones is 1. The van der Waals surface area contributed by atoms with E-state index in [1.807, 2.05) is 36.4 Å². The van der Waals surface area contributed by atoms with Crippen LogP contribution in [0.25, 0.3) is 10.8 Å². The van der Waals surface area contributed by atoms with Crippen molar-refractivity contribution in [2.24, 2.45) is 0 Å². The molecule has 0 unspecified atom stereocenters. The minimum absolute atomic E-state index is 0.0298. The lowest BCUT2D eigenvalue weighted by atomic mass is 9.99. The molecule has 5 nitrogen and oxygen atoms in total. The number of rotatable bonds is 8. The number of amides is 1. The van der Waals surface area contributed by atoms with E-state index in [1.54, 1.807) is 29.0 Å². The van der Waals surface area contributed by atoms with Crippen molar-refractivity contribution in [1.29, 1.82) is 0 Å². The van der Waals surface area contributed by atoms with Gasteiger partial charge in [0.15, 0.2) is 5.78 Å². The van der Waals surface area contributed by atoms with Gasteiger partial charge in [-0.05, 0) is 23.3 Å². The number of hydrogen-bond donors (Lipinski definition) is 1. The Bertz CT molecular complexity index is 1000. The largest absolute Gasteiger partial charge is 0.356 e. The molecule has 138 valence electrons. The van der Waals surface area contributed by atoms with E-state index in [9.17, 15) is 14.4 Å². The van der Waals surface area contributed by atoms with Crippen LogP contribution in [-0.2, 0) is 11.3 Å². The summed E-state index contributed by atoms with van der Waals surface area (Å²) in [4.78, 5) is 36.1. The first-order valence-corrected chi connectivity index (χ1v) is 9.08. The standard InChI is InChI=1S/C22H22N2O3/c25-20(19-10-5-8-17-7-1-2-9-18(17)19)12-13-21(26)23-14-6-16-24-15-4-3-11-22(24)27/h1-5,7-11,15H,6,12-14,16H2,(H,23,26). The summed E-state index contributed by atoms with van der Waals surface area (Å²) in [6.07, 6.45) is 2.73. The number of pyridine rings is 1. The molecule has 27 heavy (non-hydrogen) atoms. The molecule has 1 heterocycles. The van der Waals surface area contributed by atoms with Crippen molar-refractivity contribution in [2.45, 2.75) is 25.8 Å². The van der Waals surface area contributed by atoms with E-state index < -0.39 is 0 Å². The van der Waals surface area contributed by atoms with E-state index in [4.69, 9.17) is 0 Å². The lowest BCUT2D eigenvalue weighted by Gasteiger charge is -2.08. The Balaban J connectivity index is 1.45. The highest BCUT2D eigenvalue weighted by molar-refractivity contribution is 6.08. The SMILES string of the molecule is O=C(CCC(=O)c1cccc2ccccc12)NCCCn1ccccc1=O. The topological polar surface area (TPSA) is 68.2 Å². The van der Waals surface area contributed by atoms with Crippen molar-refractivity contribution >= 4 is 22.5 Å². The molecule has 0 fully saturated rings. The highest BCUT2D eigenvalue weighted by atomic mass is 16.2. The molecule has 0 aliphatic heterocycles. The summed E-state index contributed by atoms with van der Waals surface area (Å²) in [7, 11) is 0. The van der Waals surface area contributed by atoms with Gasteiger partial charge in [0.2, 0.25) is 11.5 Å². The summed E-state index contributed by atoms with van der Waals surface area (Å²) in [5.41, 5.74) is 0.605. The first-order chi connectivity index (χ1) is 13.1. The number of aryl methyl sites for hydroxylation is 1. The molecule has 0 atom stereocenters. The molecule has 0 aliphatic carbocycles. The van der Waals surface area contributed by atoms with Gasteiger partial charge in [0, 0.05) is 43.8 Å².